The first kappa shape index (κ1) is 17.9. The minimum Gasteiger partial charge on any atom is -0.300 e. The van der Waals surface area contributed by atoms with Crippen LogP contribution in [0.4, 0.5) is 5.13 Å². The Kier molecular flexibility index (Phi) is 5.03. The SMILES string of the molecule is CCCC1CCc2nc(NC(=O)Cn3cnc4ccccc4c3=O)sc2C1. The average Bonchev–Trinajstić information content (AvgIpc) is 3.06. The van der Waals surface area contributed by atoms with E-state index >= 15 is 0 Å². The third-order valence-corrected chi connectivity index (χ3v) is 6.07. The fraction of sp³-hybridized carbons (Fsp3) is 0.400. The number of thiazole rings is 1. The molecule has 2 aromatic heterocycles. The molecule has 0 radical (unpaired) electrons. The smallest absolute Gasteiger partial charge is 0.261 e. The Hall–Kier alpha value is -2.54. The lowest BCUT2D eigenvalue weighted by atomic mass is 9.88. The van der Waals surface area contributed by atoms with Crippen molar-refractivity contribution in [3.05, 3.63) is 51.5 Å². The zero-order valence-electron chi connectivity index (χ0n) is 15.3. The third-order valence-electron chi connectivity index (χ3n) is 5.03. The Bertz CT molecular complexity index is 1040. The van der Waals surface area contributed by atoms with Crippen molar-refractivity contribution < 1.29 is 4.79 Å². The Morgan fingerprint density at radius 1 is 1.37 bits per heavy atom. The second kappa shape index (κ2) is 7.60. The number of benzene rings is 1. The molecule has 0 fully saturated rings. The summed E-state index contributed by atoms with van der Waals surface area (Å²) in [5.74, 6) is 0.471. The Balaban J connectivity index is 1.46. The van der Waals surface area contributed by atoms with Gasteiger partial charge in [0.05, 0.1) is 22.9 Å². The number of carbonyl (C=O) groups is 1. The highest BCUT2D eigenvalue weighted by molar-refractivity contribution is 7.15. The Morgan fingerprint density at radius 2 is 2.22 bits per heavy atom. The van der Waals surface area contributed by atoms with Crippen molar-refractivity contribution in [1.29, 1.82) is 0 Å². The number of anilines is 1. The van der Waals surface area contributed by atoms with Gasteiger partial charge < -0.3 is 5.32 Å². The molecule has 0 aliphatic heterocycles. The molecule has 7 heteroatoms. The van der Waals surface area contributed by atoms with Crippen LogP contribution >= 0.6 is 11.3 Å². The second-order valence-electron chi connectivity index (χ2n) is 7.03. The molecule has 1 aromatic carbocycles. The number of rotatable bonds is 5. The van der Waals surface area contributed by atoms with Crippen LogP contribution in [0.5, 0.6) is 0 Å². The third kappa shape index (κ3) is 3.78. The quantitative estimate of drug-likeness (QED) is 0.734. The monoisotopic (exact) mass is 382 g/mol. The maximum Gasteiger partial charge on any atom is 0.261 e. The largest absolute Gasteiger partial charge is 0.300 e. The van der Waals surface area contributed by atoms with Crippen molar-refractivity contribution in [2.24, 2.45) is 5.92 Å². The van der Waals surface area contributed by atoms with Crippen LogP contribution in [0, 0.1) is 5.92 Å². The van der Waals surface area contributed by atoms with Crippen LogP contribution in [0.15, 0.2) is 35.4 Å². The van der Waals surface area contributed by atoms with Crippen LogP contribution in [-0.2, 0) is 24.2 Å². The van der Waals surface area contributed by atoms with Gasteiger partial charge in [0.15, 0.2) is 5.13 Å². The summed E-state index contributed by atoms with van der Waals surface area (Å²) in [6.07, 6.45) is 7.10. The molecular weight excluding hydrogens is 360 g/mol. The summed E-state index contributed by atoms with van der Waals surface area (Å²) in [6, 6.07) is 7.14. The molecule has 27 heavy (non-hydrogen) atoms. The molecule has 1 aliphatic rings. The maximum atomic E-state index is 12.5. The van der Waals surface area contributed by atoms with E-state index in [0.29, 0.717) is 16.0 Å². The number of aryl methyl sites for hydroxylation is 1. The molecule has 0 bridgehead atoms. The summed E-state index contributed by atoms with van der Waals surface area (Å²) in [5, 5.41) is 3.99. The van der Waals surface area contributed by atoms with Gasteiger partial charge in [0, 0.05) is 4.88 Å². The van der Waals surface area contributed by atoms with Gasteiger partial charge in [-0.15, -0.1) is 11.3 Å². The lowest BCUT2D eigenvalue weighted by molar-refractivity contribution is -0.116. The number of nitrogens with one attached hydrogen (secondary N) is 1. The molecule has 4 rings (SSSR count). The molecule has 0 spiro atoms. The molecule has 1 unspecified atom stereocenters. The van der Waals surface area contributed by atoms with Gasteiger partial charge in [-0.05, 0) is 37.3 Å². The van der Waals surface area contributed by atoms with Crippen molar-refractivity contribution in [3.8, 4) is 0 Å². The number of aromatic nitrogens is 3. The van der Waals surface area contributed by atoms with Crippen molar-refractivity contribution >= 4 is 33.3 Å². The highest BCUT2D eigenvalue weighted by Crippen LogP contribution is 2.34. The first-order valence-electron chi connectivity index (χ1n) is 9.36. The summed E-state index contributed by atoms with van der Waals surface area (Å²) in [6.45, 7) is 2.15. The Morgan fingerprint density at radius 3 is 3.07 bits per heavy atom. The van der Waals surface area contributed by atoms with Gasteiger partial charge in [0.25, 0.3) is 5.56 Å². The van der Waals surface area contributed by atoms with E-state index in [1.165, 1.54) is 35.0 Å². The van der Waals surface area contributed by atoms with E-state index in [0.717, 1.165) is 24.5 Å². The fourth-order valence-electron chi connectivity index (χ4n) is 3.68. The second-order valence-corrected chi connectivity index (χ2v) is 8.11. The van der Waals surface area contributed by atoms with Crippen LogP contribution in [-0.4, -0.2) is 20.4 Å². The molecule has 1 amide bonds. The summed E-state index contributed by atoms with van der Waals surface area (Å²) >= 11 is 1.56. The van der Waals surface area contributed by atoms with E-state index in [2.05, 4.69) is 22.2 Å². The molecule has 0 saturated carbocycles. The number of para-hydroxylation sites is 1. The van der Waals surface area contributed by atoms with Gasteiger partial charge in [-0.3, -0.25) is 14.2 Å². The molecule has 140 valence electrons. The zero-order valence-corrected chi connectivity index (χ0v) is 16.1. The van der Waals surface area contributed by atoms with Gasteiger partial charge in [-0.25, -0.2) is 9.97 Å². The number of hydrogen-bond acceptors (Lipinski definition) is 5. The number of fused-ring (bicyclic) bond motifs is 2. The van der Waals surface area contributed by atoms with Gasteiger partial charge in [-0.1, -0.05) is 31.9 Å². The van der Waals surface area contributed by atoms with Gasteiger partial charge in [-0.2, -0.15) is 0 Å². The topological polar surface area (TPSA) is 76.9 Å². The lowest BCUT2D eigenvalue weighted by Gasteiger charge is -2.19. The van der Waals surface area contributed by atoms with E-state index in [9.17, 15) is 9.59 Å². The summed E-state index contributed by atoms with van der Waals surface area (Å²) in [4.78, 5) is 35.0. The number of nitrogens with zero attached hydrogens (tertiary/aromatic N) is 3. The molecular formula is C20H22N4O2S. The maximum absolute atomic E-state index is 12.5. The number of hydrogen-bond donors (Lipinski definition) is 1. The lowest BCUT2D eigenvalue weighted by Crippen LogP contribution is -2.27. The van der Waals surface area contributed by atoms with Crippen LogP contribution < -0.4 is 10.9 Å². The first-order chi connectivity index (χ1) is 13.1. The molecule has 1 N–H and O–H groups in total. The van der Waals surface area contributed by atoms with Crippen molar-refractivity contribution in [3.63, 3.8) is 0 Å². The number of amides is 1. The Labute approximate surface area is 161 Å². The first-order valence-corrected chi connectivity index (χ1v) is 10.2. The molecule has 2 heterocycles. The van der Waals surface area contributed by atoms with E-state index in [1.54, 1.807) is 29.5 Å². The van der Waals surface area contributed by atoms with Crippen molar-refractivity contribution in [2.75, 3.05) is 5.32 Å². The van der Waals surface area contributed by atoms with Gasteiger partial charge >= 0.3 is 0 Å². The molecule has 0 saturated heterocycles. The molecule has 1 aliphatic carbocycles. The standard InChI is InChI=1S/C20H22N4O2S/c1-2-5-13-8-9-16-17(10-13)27-20(22-16)23-18(25)11-24-12-21-15-7-4-3-6-14(15)19(24)26/h3-4,6-7,12-13H,2,5,8-11H2,1H3,(H,22,23,25). The molecule has 3 aromatic rings. The highest BCUT2D eigenvalue weighted by Gasteiger charge is 2.22. The predicted molar refractivity (Wildman–Crippen MR) is 107 cm³/mol. The van der Waals surface area contributed by atoms with Crippen LogP contribution in [0.3, 0.4) is 0 Å². The highest BCUT2D eigenvalue weighted by atomic mass is 32.1. The van der Waals surface area contributed by atoms with Crippen molar-refractivity contribution in [1.82, 2.24) is 14.5 Å². The van der Waals surface area contributed by atoms with Gasteiger partial charge in [0.2, 0.25) is 5.91 Å². The van der Waals surface area contributed by atoms with E-state index < -0.39 is 0 Å². The van der Waals surface area contributed by atoms with Crippen LogP contribution in [0.25, 0.3) is 10.9 Å². The number of carbonyl (C=O) groups excluding carboxylic acids is 1. The molecule has 1 atom stereocenters. The summed E-state index contributed by atoms with van der Waals surface area (Å²) < 4.78 is 1.34. The normalized spacial score (nSPS) is 16.3. The fourth-order valence-corrected chi connectivity index (χ4v) is 4.82. The van der Waals surface area contributed by atoms with E-state index in [1.807, 2.05) is 6.07 Å². The van der Waals surface area contributed by atoms with E-state index in [4.69, 9.17) is 0 Å². The summed E-state index contributed by atoms with van der Waals surface area (Å²) in [7, 11) is 0. The van der Waals surface area contributed by atoms with Crippen LogP contribution in [0.2, 0.25) is 0 Å². The van der Waals surface area contributed by atoms with Gasteiger partial charge in [0.1, 0.15) is 6.54 Å². The molecule has 6 nitrogen and oxygen atoms in total. The minimum atomic E-state index is -0.259. The minimum absolute atomic E-state index is 0.0701. The van der Waals surface area contributed by atoms with E-state index in [-0.39, 0.29) is 18.0 Å². The average molecular weight is 382 g/mol. The van der Waals surface area contributed by atoms with Crippen molar-refractivity contribution in [2.45, 2.75) is 45.6 Å². The predicted octanol–water partition coefficient (Wildman–Crippen LogP) is 3.40. The summed E-state index contributed by atoms with van der Waals surface area (Å²) in [5.41, 5.74) is 1.54. The zero-order chi connectivity index (χ0) is 18.8. The van der Waals surface area contributed by atoms with Crippen LogP contribution in [0.1, 0.15) is 36.8 Å².